The molecule has 8 heteroatoms. The Kier molecular flexibility index (Phi) is 8.27. The van der Waals surface area contributed by atoms with Crippen molar-refractivity contribution in [2.24, 2.45) is 5.92 Å². The van der Waals surface area contributed by atoms with Crippen LogP contribution in [0.4, 0.5) is 10.1 Å². The van der Waals surface area contributed by atoms with Gasteiger partial charge in [-0.25, -0.2) is 9.18 Å². The Morgan fingerprint density at radius 3 is 2.66 bits per heavy atom. The minimum atomic E-state index is -0.505. The largest absolute Gasteiger partial charge is 0.465 e. The van der Waals surface area contributed by atoms with Crippen molar-refractivity contribution < 1.29 is 23.5 Å². The quantitative estimate of drug-likeness (QED) is 0.332. The summed E-state index contributed by atoms with van der Waals surface area (Å²) in [5, 5.41) is 3.07. The maximum absolute atomic E-state index is 15.0. The average Bonchev–Trinajstić information content (AvgIpc) is 2.97. The third-order valence-corrected chi connectivity index (χ3v) is 8.34. The van der Waals surface area contributed by atoms with E-state index < -0.39 is 11.8 Å². The number of nitrogens with one attached hydrogen (secondary N) is 1. The van der Waals surface area contributed by atoms with Gasteiger partial charge in [-0.1, -0.05) is 49.2 Å². The van der Waals surface area contributed by atoms with Crippen molar-refractivity contribution in [1.82, 2.24) is 4.90 Å². The van der Waals surface area contributed by atoms with Gasteiger partial charge in [-0.15, -0.1) is 0 Å². The highest BCUT2D eigenvalue weighted by Gasteiger charge is 2.30. The molecule has 2 aliphatic rings. The molecule has 2 unspecified atom stereocenters. The van der Waals surface area contributed by atoms with Crippen LogP contribution in [-0.4, -0.2) is 36.3 Å². The van der Waals surface area contributed by atoms with Crippen LogP contribution >= 0.6 is 11.6 Å². The standard InChI is InChI=1S/C33H32ClFN2O4/c1-19-10-12-26(34)31(35)30(19)23-14-15-37(29(38)18-23)28-9-4-6-20(2)32(39)36-27-13-11-24(33(40)41-3)17-25(27)21-7-5-8-22(28)16-21/h5,7-8,10-13,16-18,20,28H,4,6,9,14-15H2,1-3H3,(H,36,39). The predicted octanol–water partition coefficient (Wildman–Crippen LogP) is 7.36. The molecule has 0 aromatic heterocycles. The van der Waals surface area contributed by atoms with Gasteiger partial charge in [-0.05, 0) is 78.8 Å². The number of nitrogens with zero attached hydrogens (tertiary/aromatic N) is 1. The Balaban J connectivity index is 1.56. The highest BCUT2D eigenvalue weighted by atomic mass is 35.5. The van der Waals surface area contributed by atoms with Crippen molar-refractivity contribution in [2.75, 3.05) is 19.0 Å². The molecule has 0 radical (unpaired) electrons. The first-order valence-electron chi connectivity index (χ1n) is 13.8. The van der Waals surface area contributed by atoms with Crippen molar-refractivity contribution in [2.45, 2.75) is 45.6 Å². The minimum Gasteiger partial charge on any atom is -0.465 e. The maximum atomic E-state index is 15.0. The lowest BCUT2D eigenvalue weighted by molar-refractivity contribution is -0.129. The van der Waals surface area contributed by atoms with Crippen molar-refractivity contribution in [3.63, 3.8) is 0 Å². The van der Waals surface area contributed by atoms with Gasteiger partial charge in [0, 0.05) is 35.4 Å². The van der Waals surface area contributed by atoms with Crippen LogP contribution in [-0.2, 0) is 14.3 Å². The molecular weight excluding hydrogens is 543 g/mol. The molecule has 41 heavy (non-hydrogen) atoms. The highest BCUT2D eigenvalue weighted by molar-refractivity contribution is 6.31. The summed E-state index contributed by atoms with van der Waals surface area (Å²) in [4.78, 5) is 40.8. The summed E-state index contributed by atoms with van der Waals surface area (Å²) in [7, 11) is 1.33. The molecular formula is C33H32ClFN2O4. The normalized spacial score (nSPS) is 19.3. The van der Waals surface area contributed by atoms with E-state index >= 15 is 0 Å². The van der Waals surface area contributed by atoms with Crippen LogP contribution in [0.25, 0.3) is 16.7 Å². The van der Waals surface area contributed by atoms with Gasteiger partial charge < -0.3 is 15.0 Å². The lowest BCUT2D eigenvalue weighted by atomic mass is 9.89. The van der Waals surface area contributed by atoms with Gasteiger partial charge in [0.2, 0.25) is 11.8 Å². The Hall–Kier alpha value is -3.97. The lowest BCUT2D eigenvalue weighted by Crippen LogP contribution is -2.37. The zero-order valence-corrected chi connectivity index (χ0v) is 24.1. The van der Waals surface area contributed by atoms with E-state index in [1.165, 1.54) is 19.3 Å². The molecule has 2 atom stereocenters. The number of fused-ring (bicyclic) bond motifs is 4. The topological polar surface area (TPSA) is 75.7 Å². The molecule has 6 nitrogen and oxygen atoms in total. The van der Waals surface area contributed by atoms with E-state index in [2.05, 4.69) is 5.32 Å². The number of carbonyl (C=O) groups excluding carboxylic acids is 3. The average molecular weight is 575 g/mol. The molecule has 3 aromatic carbocycles. The van der Waals surface area contributed by atoms with Gasteiger partial charge in [-0.3, -0.25) is 9.59 Å². The van der Waals surface area contributed by atoms with Gasteiger partial charge >= 0.3 is 5.97 Å². The second kappa shape index (κ2) is 11.9. The lowest BCUT2D eigenvalue weighted by Gasteiger charge is -2.35. The van der Waals surface area contributed by atoms with E-state index in [0.717, 1.165) is 23.1 Å². The predicted molar refractivity (Wildman–Crippen MR) is 158 cm³/mol. The van der Waals surface area contributed by atoms with E-state index in [-0.39, 0.29) is 28.8 Å². The molecule has 0 saturated heterocycles. The number of benzene rings is 3. The first-order valence-corrected chi connectivity index (χ1v) is 14.2. The number of hydrogen-bond donors (Lipinski definition) is 1. The van der Waals surface area contributed by atoms with Gasteiger partial charge in [0.05, 0.1) is 23.7 Å². The first-order chi connectivity index (χ1) is 19.7. The van der Waals surface area contributed by atoms with Crippen LogP contribution < -0.4 is 5.32 Å². The van der Waals surface area contributed by atoms with Crippen molar-refractivity contribution in [3.8, 4) is 11.1 Å². The van der Waals surface area contributed by atoms with Gasteiger partial charge in [0.15, 0.2) is 0 Å². The van der Waals surface area contributed by atoms with E-state index in [9.17, 15) is 18.8 Å². The summed E-state index contributed by atoms with van der Waals surface area (Å²) >= 11 is 6.06. The molecule has 1 N–H and O–H groups in total. The summed E-state index contributed by atoms with van der Waals surface area (Å²) in [5.41, 5.74) is 5.18. The monoisotopic (exact) mass is 574 g/mol. The zero-order chi connectivity index (χ0) is 29.3. The summed E-state index contributed by atoms with van der Waals surface area (Å²) in [6, 6.07) is 16.0. The SMILES string of the molecule is COC(=O)c1ccc2c(c1)-c1cccc(c1)C(N1CCC(c3c(C)ccc(Cl)c3F)=CC1=O)CCCC(C)C(=O)N2. The third-order valence-electron chi connectivity index (χ3n) is 8.05. The first kappa shape index (κ1) is 28.6. The zero-order valence-electron chi connectivity index (χ0n) is 23.3. The molecule has 2 amide bonds. The smallest absolute Gasteiger partial charge is 0.337 e. The minimum absolute atomic E-state index is 0.0336. The Bertz CT molecular complexity index is 1570. The maximum Gasteiger partial charge on any atom is 0.337 e. The number of carbonyl (C=O) groups is 3. The fourth-order valence-electron chi connectivity index (χ4n) is 5.76. The number of ether oxygens (including phenoxy) is 1. The molecule has 0 aliphatic carbocycles. The summed E-state index contributed by atoms with van der Waals surface area (Å²) in [6.45, 7) is 4.12. The van der Waals surface area contributed by atoms with Crippen LogP contribution in [0.3, 0.4) is 0 Å². The van der Waals surface area contributed by atoms with E-state index in [1.807, 2.05) is 43.0 Å². The van der Waals surface area contributed by atoms with Gasteiger partial charge in [-0.2, -0.15) is 0 Å². The van der Waals surface area contributed by atoms with Crippen LogP contribution in [0.5, 0.6) is 0 Å². The fourth-order valence-corrected chi connectivity index (χ4v) is 5.92. The molecule has 212 valence electrons. The fraction of sp³-hybridized carbons (Fsp3) is 0.303. The van der Waals surface area contributed by atoms with Crippen molar-refractivity contribution in [3.05, 3.63) is 93.8 Å². The Morgan fingerprint density at radius 1 is 1.10 bits per heavy atom. The molecule has 2 aliphatic heterocycles. The summed E-state index contributed by atoms with van der Waals surface area (Å²) in [5.74, 6) is -1.52. The van der Waals surface area contributed by atoms with Crippen molar-refractivity contribution >= 4 is 40.6 Å². The molecule has 0 fully saturated rings. The Morgan fingerprint density at radius 2 is 1.90 bits per heavy atom. The third kappa shape index (κ3) is 5.77. The summed E-state index contributed by atoms with van der Waals surface area (Å²) < 4.78 is 19.9. The molecule has 2 bridgehead atoms. The second-order valence-electron chi connectivity index (χ2n) is 10.7. The van der Waals surface area contributed by atoms with E-state index in [1.54, 1.807) is 24.3 Å². The van der Waals surface area contributed by atoms with Gasteiger partial charge in [0.1, 0.15) is 5.82 Å². The van der Waals surface area contributed by atoms with Gasteiger partial charge in [0.25, 0.3) is 0 Å². The molecule has 0 saturated carbocycles. The molecule has 2 heterocycles. The molecule has 5 rings (SSSR count). The second-order valence-corrected chi connectivity index (χ2v) is 11.1. The van der Waals surface area contributed by atoms with E-state index in [0.29, 0.717) is 53.8 Å². The number of halogens is 2. The number of rotatable bonds is 3. The van der Waals surface area contributed by atoms with Crippen LogP contribution in [0, 0.1) is 18.7 Å². The number of amides is 2. The molecule has 0 spiro atoms. The van der Waals surface area contributed by atoms with Crippen LogP contribution in [0.1, 0.15) is 65.7 Å². The van der Waals surface area contributed by atoms with Crippen LogP contribution in [0.2, 0.25) is 5.02 Å². The summed E-state index contributed by atoms with van der Waals surface area (Å²) in [6.07, 6.45) is 4.06. The van der Waals surface area contributed by atoms with Crippen molar-refractivity contribution in [1.29, 1.82) is 0 Å². The number of anilines is 1. The number of aryl methyl sites for hydroxylation is 1. The molecule has 3 aromatic rings. The Labute approximate surface area is 244 Å². The number of esters is 1. The van der Waals surface area contributed by atoms with E-state index in [4.69, 9.17) is 16.3 Å². The number of hydrogen-bond acceptors (Lipinski definition) is 4. The van der Waals surface area contributed by atoms with Crippen LogP contribution in [0.15, 0.2) is 60.7 Å². The number of methoxy groups -OCH3 is 1. The highest BCUT2D eigenvalue weighted by Crippen LogP contribution is 2.38.